The molecule has 2 aromatic rings. The number of rotatable bonds is 3. The molecule has 1 amide bonds. The number of carbonyl (C=O) groups excluding carboxylic acids is 1. The second kappa shape index (κ2) is 8.20. The van der Waals surface area contributed by atoms with Crippen LogP contribution in [-0.4, -0.2) is 62.7 Å². The summed E-state index contributed by atoms with van der Waals surface area (Å²) in [5.74, 6) is 0.258. The highest BCUT2D eigenvalue weighted by molar-refractivity contribution is 5.94. The van der Waals surface area contributed by atoms with Crippen LogP contribution in [0, 0.1) is 5.41 Å². The molecule has 0 bridgehead atoms. The molecule has 0 atom stereocenters. The first kappa shape index (κ1) is 22.0. The number of fused-ring (bicyclic) bond motifs is 1. The molecule has 176 valence electrons. The Morgan fingerprint density at radius 3 is 2.33 bits per heavy atom. The van der Waals surface area contributed by atoms with Crippen LogP contribution < -0.4 is 4.74 Å². The number of nitrogens with zero attached hydrogens (tertiary/aromatic N) is 3. The van der Waals surface area contributed by atoms with Gasteiger partial charge in [-0.1, -0.05) is 18.2 Å². The van der Waals surface area contributed by atoms with Gasteiger partial charge in [0.1, 0.15) is 11.4 Å². The molecule has 4 heterocycles. The van der Waals surface area contributed by atoms with Gasteiger partial charge in [-0.15, -0.1) is 0 Å². The van der Waals surface area contributed by atoms with E-state index in [0.29, 0.717) is 18.5 Å². The molecule has 7 nitrogen and oxygen atoms in total. The van der Waals surface area contributed by atoms with E-state index in [4.69, 9.17) is 4.74 Å². The molecular formula is C26H33N3O4. The molecule has 2 N–H and O–H groups in total. The van der Waals surface area contributed by atoms with Gasteiger partial charge in [-0.25, -0.2) is 0 Å². The number of hydrogen-bond acceptors (Lipinski definition) is 6. The van der Waals surface area contributed by atoms with Crippen molar-refractivity contribution in [1.29, 1.82) is 0 Å². The molecule has 5 rings (SSSR count). The number of likely N-dealkylation sites (tertiary alicyclic amines) is 2. The summed E-state index contributed by atoms with van der Waals surface area (Å²) in [6.45, 7) is 8.77. The van der Waals surface area contributed by atoms with Crippen molar-refractivity contribution in [3.63, 3.8) is 0 Å². The van der Waals surface area contributed by atoms with Gasteiger partial charge in [-0.3, -0.25) is 9.69 Å². The molecule has 3 aliphatic heterocycles. The molecule has 1 aromatic carbocycles. The van der Waals surface area contributed by atoms with Crippen LogP contribution in [0.25, 0.3) is 0 Å². The number of piperidine rings is 2. The number of aromatic nitrogens is 1. The maximum atomic E-state index is 12.8. The summed E-state index contributed by atoms with van der Waals surface area (Å²) in [4.78, 5) is 20.7. The van der Waals surface area contributed by atoms with E-state index in [1.807, 2.05) is 4.90 Å². The minimum Gasteiger partial charge on any atom is -0.493 e. The smallest absolute Gasteiger partial charge is 0.254 e. The van der Waals surface area contributed by atoms with Crippen LogP contribution in [0.4, 0.5) is 0 Å². The van der Waals surface area contributed by atoms with Gasteiger partial charge in [0.15, 0.2) is 0 Å². The Hall–Kier alpha value is -2.80. The van der Waals surface area contributed by atoms with E-state index >= 15 is 0 Å². The molecule has 0 unspecified atom stereocenters. The summed E-state index contributed by atoms with van der Waals surface area (Å²) in [7, 11) is 0. The van der Waals surface area contributed by atoms with Crippen LogP contribution in [0.15, 0.2) is 30.3 Å². The maximum Gasteiger partial charge on any atom is 0.254 e. The summed E-state index contributed by atoms with van der Waals surface area (Å²) in [5.41, 5.74) is 3.07. The van der Waals surface area contributed by atoms with Gasteiger partial charge in [0.2, 0.25) is 11.8 Å². The van der Waals surface area contributed by atoms with Gasteiger partial charge in [-0.2, -0.15) is 4.98 Å². The quantitative estimate of drug-likeness (QED) is 0.740. The molecule has 7 heteroatoms. The van der Waals surface area contributed by atoms with E-state index in [-0.39, 0.29) is 28.8 Å². The normalized spacial score (nSPS) is 21.6. The zero-order chi connectivity index (χ0) is 23.2. The number of para-hydroxylation sites is 1. The lowest BCUT2D eigenvalue weighted by molar-refractivity contribution is 0.0281. The van der Waals surface area contributed by atoms with Gasteiger partial charge >= 0.3 is 0 Å². The summed E-state index contributed by atoms with van der Waals surface area (Å²) >= 11 is 0. The third-order valence-electron chi connectivity index (χ3n) is 7.64. The van der Waals surface area contributed by atoms with E-state index in [0.717, 1.165) is 57.5 Å². The fourth-order valence-corrected chi connectivity index (χ4v) is 5.72. The zero-order valence-electron chi connectivity index (χ0n) is 19.5. The molecule has 1 aromatic heterocycles. The van der Waals surface area contributed by atoms with Crippen molar-refractivity contribution >= 4 is 5.91 Å². The average Bonchev–Trinajstić information content (AvgIpc) is 3.10. The SMILES string of the molecule is CC1(C)Cc2cccc(CN3CCC4(CC3)CCN(C(=O)c3cc(O)nc(O)c3)CC4)c2O1. The third kappa shape index (κ3) is 4.51. The van der Waals surface area contributed by atoms with Crippen molar-refractivity contribution in [3.05, 3.63) is 47.0 Å². The molecule has 0 aliphatic carbocycles. The second-order valence-electron chi connectivity index (χ2n) is 10.6. The molecule has 33 heavy (non-hydrogen) atoms. The van der Waals surface area contributed by atoms with Crippen molar-refractivity contribution in [2.45, 2.75) is 58.1 Å². The Bertz CT molecular complexity index is 1030. The number of hydrogen-bond donors (Lipinski definition) is 2. The Morgan fingerprint density at radius 1 is 1.03 bits per heavy atom. The summed E-state index contributed by atoms with van der Waals surface area (Å²) in [5, 5.41) is 19.2. The number of aromatic hydroxyl groups is 2. The van der Waals surface area contributed by atoms with Crippen LogP contribution in [0.2, 0.25) is 0 Å². The third-order valence-corrected chi connectivity index (χ3v) is 7.64. The van der Waals surface area contributed by atoms with Gasteiger partial charge in [0.25, 0.3) is 5.91 Å². The van der Waals surface area contributed by atoms with Crippen molar-refractivity contribution in [2.24, 2.45) is 5.41 Å². The highest BCUT2D eigenvalue weighted by Crippen LogP contribution is 2.43. The first-order valence-corrected chi connectivity index (χ1v) is 11.9. The summed E-state index contributed by atoms with van der Waals surface area (Å²) in [6.07, 6.45) is 5.25. The van der Waals surface area contributed by atoms with Crippen molar-refractivity contribution in [2.75, 3.05) is 26.2 Å². The number of pyridine rings is 1. The maximum absolute atomic E-state index is 12.8. The molecular weight excluding hydrogens is 418 g/mol. The van der Waals surface area contributed by atoms with Gasteiger partial charge in [0.05, 0.1) is 5.56 Å². The molecule has 2 fully saturated rings. The lowest BCUT2D eigenvalue weighted by Crippen LogP contribution is -2.48. The summed E-state index contributed by atoms with van der Waals surface area (Å²) < 4.78 is 6.26. The number of ether oxygens (including phenoxy) is 1. The molecule has 0 saturated carbocycles. The van der Waals surface area contributed by atoms with Crippen molar-refractivity contribution in [1.82, 2.24) is 14.8 Å². The highest BCUT2D eigenvalue weighted by atomic mass is 16.5. The Labute approximate surface area is 195 Å². The van der Waals surface area contributed by atoms with Gasteiger partial charge < -0.3 is 19.8 Å². The topological polar surface area (TPSA) is 86.1 Å². The number of amides is 1. The van der Waals surface area contributed by atoms with Crippen LogP contribution in [0.5, 0.6) is 17.5 Å². The largest absolute Gasteiger partial charge is 0.493 e. The second-order valence-corrected chi connectivity index (χ2v) is 10.6. The predicted molar refractivity (Wildman–Crippen MR) is 125 cm³/mol. The minimum atomic E-state index is -0.336. The first-order chi connectivity index (χ1) is 15.7. The summed E-state index contributed by atoms with van der Waals surface area (Å²) in [6, 6.07) is 9.16. The zero-order valence-corrected chi connectivity index (χ0v) is 19.5. The van der Waals surface area contributed by atoms with Gasteiger partial charge in [0, 0.05) is 43.8 Å². The Morgan fingerprint density at radius 2 is 1.67 bits per heavy atom. The van der Waals surface area contributed by atoms with E-state index in [2.05, 4.69) is 41.9 Å². The van der Waals surface area contributed by atoms with Crippen LogP contribution in [0.1, 0.15) is 61.0 Å². The molecule has 3 aliphatic rings. The van der Waals surface area contributed by atoms with Crippen molar-refractivity contribution in [3.8, 4) is 17.5 Å². The van der Waals surface area contributed by atoms with Gasteiger partial charge in [-0.05, 0) is 63.6 Å². The lowest BCUT2D eigenvalue weighted by atomic mass is 9.71. The Kier molecular flexibility index (Phi) is 5.47. The van der Waals surface area contributed by atoms with Crippen molar-refractivity contribution < 1.29 is 19.7 Å². The monoisotopic (exact) mass is 451 g/mol. The van der Waals surface area contributed by atoms with E-state index < -0.39 is 0 Å². The first-order valence-electron chi connectivity index (χ1n) is 11.9. The highest BCUT2D eigenvalue weighted by Gasteiger charge is 2.39. The van der Waals surface area contributed by atoms with E-state index in [1.165, 1.54) is 23.3 Å². The van der Waals surface area contributed by atoms with Crippen LogP contribution >= 0.6 is 0 Å². The van der Waals surface area contributed by atoms with E-state index in [9.17, 15) is 15.0 Å². The Balaban J connectivity index is 1.16. The minimum absolute atomic E-state index is 0.121. The standard InChI is InChI=1S/C26H33N3O4/c1-25(2)16-18-4-3-5-19(23(18)33-25)17-28-10-6-26(7-11-28)8-12-29(13-9-26)24(32)20-14-21(30)27-22(31)15-20/h3-5,14-15H,6-13,16-17H2,1-2H3,(H2,27,30,31). The average molecular weight is 452 g/mol. The number of carbonyl (C=O) groups is 1. The predicted octanol–water partition coefficient (Wildman–Crippen LogP) is 3.72. The molecule has 0 radical (unpaired) electrons. The van der Waals surface area contributed by atoms with Crippen LogP contribution in [-0.2, 0) is 13.0 Å². The molecule has 2 saturated heterocycles. The molecule has 1 spiro atoms. The van der Waals surface area contributed by atoms with Crippen LogP contribution in [0.3, 0.4) is 0 Å². The fourth-order valence-electron chi connectivity index (χ4n) is 5.72. The fraction of sp³-hybridized carbons (Fsp3) is 0.538. The van der Waals surface area contributed by atoms with E-state index in [1.54, 1.807) is 0 Å². The number of benzene rings is 1. The lowest BCUT2D eigenvalue weighted by Gasteiger charge is -2.47.